The first-order valence-corrected chi connectivity index (χ1v) is 12.5. The van der Waals surface area contributed by atoms with E-state index < -0.39 is 6.04 Å². The molecule has 1 saturated heterocycles. The topological polar surface area (TPSA) is 79.0 Å². The maximum atomic E-state index is 13.3. The summed E-state index contributed by atoms with van der Waals surface area (Å²) in [7, 11) is 0. The maximum Gasteiger partial charge on any atom is 0.258 e. The van der Waals surface area contributed by atoms with Gasteiger partial charge in [0.1, 0.15) is 11.8 Å². The third-order valence-corrected chi connectivity index (χ3v) is 7.09. The lowest BCUT2D eigenvalue weighted by Gasteiger charge is -2.39. The average Bonchev–Trinajstić information content (AvgIpc) is 2.86. The number of piperazine rings is 1. The standard InChI is InChI=1S/C25H36ClN3O4/c1-3-18(2)23(27-22(30)17-33-21-11-9-20(26)10-12-21)25(32)29-15-13-28(14-16-29)24(31)19-7-5-4-6-8-19/h9-12,18-19,23H,3-8,13-17H2,1-2H3,(H,27,30). The van der Waals surface area contributed by atoms with Crippen molar-refractivity contribution in [3.63, 3.8) is 0 Å². The Morgan fingerprint density at radius 2 is 1.64 bits per heavy atom. The van der Waals surface area contributed by atoms with Crippen LogP contribution in [0.25, 0.3) is 0 Å². The van der Waals surface area contributed by atoms with E-state index in [1.807, 2.05) is 18.7 Å². The molecule has 0 aromatic heterocycles. The molecule has 182 valence electrons. The lowest BCUT2D eigenvalue weighted by atomic mass is 9.88. The highest BCUT2D eigenvalue weighted by Crippen LogP contribution is 2.26. The highest BCUT2D eigenvalue weighted by atomic mass is 35.5. The summed E-state index contributed by atoms with van der Waals surface area (Å²) in [6.07, 6.45) is 6.21. The minimum absolute atomic E-state index is 0.0149. The van der Waals surface area contributed by atoms with Crippen LogP contribution in [0.1, 0.15) is 52.4 Å². The second-order valence-electron chi connectivity index (χ2n) is 9.16. The van der Waals surface area contributed by atoms with Crippen molar-refractivity contribution in [2.75, 3.05) is 32.8 Å². The zero-order valence-corrected chi connectivity index (χ0v) is 20.5. The molecule has 3 amide bonds. The van der Waals surface area contributed by atoms with E-state index in [0.717, 1.165) is 32.1 Å². The van der Waals surface area contributed by atoms with Crippen LogP contribution in [0.5, 0.6) is 5.75 Å². The fourth-order valence-corrected chi connectivity index (χ4v) is 4.66. The van der Waals surface area contributed by atoms with Gasteiger partial charge in [-0.25, -0.2) is 0 Å². The first-order chi connectivity index (χ1) is 15.9. The van der Waals surface area contributed by atoms with E-state index >= 15 is 0 Å². The summed E-state index contributed by atoms with van der Waals surface area (Å²) in [5, 5.41) is 3.46. The maximum absolute atomic E-state index is 13.3. The third-order valence-electron chi connectivity index (χ3n) is 6.84. The molecule has 33 heavy (non-hydrogen) atoms. The SMILES string of the molecule is CCC(C)C(NC(=O)COc1ccc(Cl)cc1)C(=O)N1CCN(C(=O)C2CCCCC2)CC1. The molecule has 2 aliphatic rings. The lowest BCUT2D eigenvalue weighted by molar-refractivity contribution is -0.145. The summed E-state index contributed by atoms with van der Waals surface area (Å²) in [5.41, 5.74) is 0. The Morgan fingerprint density at radius 3 is 2.24 bits per heavy atom. The molecule has 2 unspecified atom stereocenters. The quantitative estimate of drug-likeness (QED) is 0.621. The van der Waals surface area contributed by atoms with Gasteiger partial charge in [-0.1, -0.05) is 51.1 Å². The predicted molar refractivity (Wildman–Crippen MR) is 128 cm³/mol. The van der Waals surface area contributed by atoms with Crippen molar-refractivity contribution in [1.29, 1.82) is 0 Å². The van der Waals surface area contributed by atoms with Crippen molar-refractivity contribution in [1.82, 2.24) is 15.1 Å². The van der Waals surface area contributed by atoms with Gasteiger partial charge in [-0.3, -0.25) is 14.4 Å². The Labute approximate surface area is 201 Å². The number of amides is 3. The smallest absolute Gasteiger partial charge is 0.258 e. The number of rotatable bonds is 8. The molecular formula is C25H36ClN3O4. The molecule has 1 saturated carbocycles. The van der Waals surface area contributed by atoms with Crippen LogP contribution in [0.2, 0.25) is 5.02 Å². The van der Waals surface area contributed by atoms with Crippen molar-refractivity contribution in [3.8, 4) is 5.75 Å². The summed E-state index contributed by atoms with van der Waals surface area (Å²) >= 11 is 5.87. The molecular weight excluding hydrogens is 442 g/mol. The molecule has 1 N–H and O–H groups in total. The van der Waals surface area contributed by atoms with E-state index in [2.05, 4.69) is 5.32 Å². The number of nitrogens with zero attached hydrogens (tertiary/aromatic N) is 2. The van der Waals surface area contributed by atoms with Crippen molar-refractivity contribution in [2.24, 2.45) is 11.8 Å². The Balaban J connectivity index is 1.51. The first-order valence-electron chi connectivity index (χ1n) is 12.1. The molecule has 1 aliphatic carbocycles. The fourth-order valence-electron chi connectivity index (χ4n) is 4.53. The molecule has 2 fully saturated rings. The van der Waals surface area contributed by atoms with E-state index in [9.17, 15) is 14.4 Å². The van der Waals surface area contributed by atoms with Crippen LogP contribution in [0.3, 0.4) is 0 Å². The largest absolute Gasteiger partial charge is 0.484 e. The van der Waals surface area contributed by atoms with E-state index in [0.29, 0.717) is 37.0 Å². The predicted octanol–water partition coefficient (Wildman–Crippen LogP) is 3.50. The number of carbonyl (C=O) groups excluding carboxylic acids is 3. The zero-order valence-electron chi connectivity index (χ0n) is 19.7. The summed E-state index contributed by atoms with van der Waals surface area (Å²) < 4.78 is 5.52. The Morgan fingerprint density at radius 1 is 1.03 bits per heavy atom. The number of hydrogen-bond acceptors (Lipinski definition) is 4. The second kappa shape index (κ2) is 12.3. The van der Waals surface area contributed by atoms with Crippen molar-refractivity contribution >= 4 is 29.3 Å². The summed E-state index contributed by atoms with van der Waals surface area (Å²) in [5.74, 6) is 0.490. The van der Waals surface area contributed by atoms with Gasteiger partial charge in [-0.2, -0.15) is 0 Å². The highest BCUT2D eigenvalue weighted by Gasteiger charge is 2.34. The van der Waals surface area contributed by atoms with Crippen LogP contribution < -0.4 is 10.1 Å². The number of halogens is 1. The third kappa shape index (κ3) is 7.10. The molecule has 1 aromatic rings. The van der Waals surface area contributed by atoms with E-state index in [1.54, 1.807) is 29.2 Å². The van der Waals surface area contributed by atoms with Crippen LogP contribution >= 0.6 is 11.6 Å². The van der Waals surface area contributed by atoms with Crippen LogP contribution in [0.4, 0.5) is 0 Å². The second-order valence-corrected chi connectivity index (χ2v) is 9.60. The van der Waals surface area contributed by atoms with Gasteiger partial charge >= 0.3 is 0 Å². The summed E-state index contributed by atoms with van der Waals surface area (Å²) in [6.45, 7) is 5.91. The van der Waals surface area contributed by atoms with Crippen LogP contribution in [-0.2, 0) is 14.4 Å². The molecule has 0 spiro atoms. The van der Waals surface area contributed by atoms with Crippen LogP contribution in [0, 0.1) is 11.8 Å². The van der Waals surface area contributed by atoms with Gasteiger partial charge in [-0.05, 0) is 43.0 Å². The van der Waals surface area contributed by atoms with Gasteiger partial charge < -0.3 is 19.9 Å². The molecule has 0 bridgehead atoms. The highest BCUT2D eigenvalue weighted by molar-refractivity contribution is 6.30. The van der Waals surface area contributed by atoms with Gasteiger partial charge in [0.2, 0.25) is 11.8 Å². The molecule has 2 atom stereocenters. The van der Waals surface area contributed by atoms with Gasteiger partial charge in [0, 0.05) is 37.1 Å². The minimum atomic E-state index is -0.614. The molecule has 3 rings (SSSR count). The van der Waals surface area contributed by atoms with E-state index in [1.165, 1.54) is 6.42 Å². The average molecular weight is 478 g/mol. The van der Waals surface area contributed by atoms with Gasteiger partial charge in [0.15, 0.2) is 6.61 Å². The molecule has 1 heterocycles. The summed E-state index contributed by atoms with van der Waals surface area (Å²) in [4.78, 5) is 42.3. The van der Waals surface area contributed by atoms with Crippen molar-refractivity contribution < 1.29 is 19.1 Å². The Hall–Kier alpha value is -2.28. The number of hydrogen-bond donors (Lipinski definition) is 1. The molecule has 8 heteroatoms. The number of ether oxygens (including phenoxy) is 1. The van der Waals surface area contributed by atoms with Gasteiger partial charge in [0.05, 0.1) is 0 Å². The molecule has 7 nitrogen and oxygen atoms in total. The van der Waals surface area contributed by atoms with Gasteiger partial charge in [-0.15, -0.1) is 0 Å². The van der Waals surface area contributed by atoms with Gasteiger partial charge in [0.25, 0.3) is 5.91 Å². The monoisotopic (exact) mass is 477 g/mol. The normalized spacial score (nSPS) is 19.0. The molecule has 1 aromatic carbocycles. The molecule has 1 aliphatic heterocycles. The Kier molecular flexibility index (Phi) is 9.41. The van der Waals surface area contributed by atoms with Crippen LogP contribution in [-0.4, -0.2) is 66.3 Å². The van der Waals surface area contributed by atoms with Crippen LogP contribution in [0.15, 0.2) is 24.3 Å². The van der Waals surface area contributed by atoms with Crippen molar-refractivity contribution in [3.05, 3.63) is 29.3 Å². The minimum Gasteiger partial charge on any atom is -0.484 e. The fraction of sp³-hybridized carbons (Fsp3) is 0.640. The number of carbonyl (C=O) groups is 3. The number of benzene rings is 1. The Bertz CT molecular complexity index is 802. The zero-order chi connectivity index (χ0) is 23.8. The van der Waals surface area contributed by atoms with E-state index in [4.69, 9.17) is 16.3 Å². The van der Waals surface area contributed by atoms with E-state index in [-0.39, 0.29) is 36.2 Å². The first kappa shape index (κ1) is 25.3. The van der Waals surface area contributed by atoms with Crippen molar-refractivity contribution in [2.45, 2.75) is 58.4 Å². The number of nitrogens with one attached hydrogen (secondary N) is 1. The summed E-state index contributed by atoms with van der Waals surface area (Å²) in [6, 6.07) is 6.16. The molecule has 0 radical (unpaired) electrons. The lowest BCUT2D eigenvalue weighted by Crippen LogP contribution is -2.58.